The molecule has 0 saturated heterocycles. The number of carbonyl (C=O) groups is 1. The van der Waals surface area contributed by atoms with Crippen LogP contribution in [-0.2, 0) is 17.8 Å². The van der Waals surface area contributed by atoms with Gasteiger partial charge in [0.25, 0.3) is 0 Å². The van der Waals surface area contributed by atoms with Gasteiger partial charge >= 0.3 is 0 Å². The minimum atomic E-state index is 0.391. The summed E-state index contributed by atoms with van der Waals surface area (Å²) < 4.78 is 1.98. The predicted octanol–water partition coefficient (Wildman–Crippen LogP) is 1.67. The Morgan fingerprint density at radius 1 is 1.27 bits per heavy atom. The van der Waals surface area contributed by atoms with Gasteiger partial charge in [0.1, 0.15) is 6.29 Å². The zero-order chi connectivity index (χ0) is 10.5. The highest BCUT2D eigenvalue weighted by Crippen LogP contribution is 2.03. The van der Waals surface area contributed by atoms with E-state index in [0.29, 0.717) is 6.42 Å². The van der Waals surface area contributed by atoms with Gasteiger partial charge in [0.2, 0.25) is 0 Å². The van der Waals surface area contributed by atoms with Gasteiger partial charge in [-0.25, -0.2) is 4.98 Å². The van der Waals surface area contributed by atoms with Gasteiger partial charge in [0, 0.05) is 19.2 Å². The van der Waals surface area contributed by atoms with Gasteiger partial charge in [-0.3, -0.25) is 0 Å². The van der Waals surface area contributed by atoms with Crippen molar-refractivity contribution in [1.29, 1.82) is 0 Å². The molecule has 15 heavy (non-hydrogen) atoms. The molecule has 0 radical (unpaired) electrons. The molecule has 0 unspecified atom stereocenters. The van der Waals surface area contributed by atoms with Crippen molar-refractivity contribution in [2.24, 2.45) is 0 Å². The van der Waals surface area contributed by atoms with Crippen LogP contribution < -0.4 is 0 Å². The molecule has 1 heterocycles. The largest absolute Gasteiger partial charge is 0.333 e. The first-order valence-electron chi connectivity index (χ1n) is 4.86. The lowest BCUT2D eigenvalue weighted by Crippen LogP contribution is -1.95. The lowest BCUT2D eigenvalue weighted by Gasteiger charge is -2.00. The van der Waals surface area contributed by atoms with Crippen LogP contribution in [0.3, 0.4) is 0 Å². The summed E-state index contributed by atoms with van der Waals surface area (Å²) in [6, 6.07) is 10.2. The molecule has 0 fully saturated rings. The summed E-state index contributed by atoms with van der Waals surface area (Å²) in [6.07, 6.45) is 4.92. The molecule has 1 aromatic heterocycles. The maximum absolute atomic E-state index is 10.3. The molecule has 76 valence electrons. The summed E-state index contributed by atoms with van der Waals surface area (Å²) in [5.74, 6) is 0. The molecule has 0 atom stereocenters. The second-order valence-corrected chi connectivity index (χ2v) is 3.39. The van der Waals surface area contributed by atoms with E-state index in [1.165, 1.54) is 5.56 Å². The fourth-order valence-corrected chi connectivity index (χ4v) is 1.48. The molecule has 3 heteroatoms. The van der Waals surface area contributed by atoms with Crippen molar-refractivity contribution in [3.63, 3.8) is 0 Å². The summed E-state index contributed by atoms with van der Waals surface area (Å²) in [5, 5.41) is 0. The van der Waals surface area contributed by atoms with E-state index in [2.05, 4.69) is 17.1 Å². The third kappa shape index (κ3) is 2.53. The molecule has 1 aromatic carbocycles. The third-order valence-electron chi connectivity index (χ3n) is 2.19. The Kier molecular flexibility index (Phi) is 2.93. The summed E-state index contributed by atoms with van der Waals surface area (Å²) >= 11 is 0. The van der Waals surface area contributed by atoms with Crippen molar-refractivity contribution in [1.82, 2.24) is 9.55 Å². The van der Waals surface area contributed by atoms with E-state index in [-0.39, 0.29) is 0 Å². The van der Waals surface area contributed by atoms with E-state index >= 15 is 0 Å². The Bertz CT molecular complexity index is 434. The number of imidazole rings is 1. The minimum Gasteiger partial charge on any atom is -0.333 e. The first-order chi connectivity index (χ1) is 7.38. The van der Waals surface area contributed by atoms with Gasteiger partial charge in [-0.15, -0.1) is 0 Å². The maximum Gasteiger partial charge on any atom is 0.125 e. The molecule has 3 nitrogen and oxygen atoms in total. The van der Waals surface area contributed by atoms with Gasteiger partial charge in [-0.2, -0.15) is 0 Å². The highest BCUT2D eigenvalue weighted by atomic mass is 16.1. The van der Waals surface area contributed by atoms with Gasteiger partial charge in [0.15, 0.2) is 0 Å². The minimum absolute atomic E-state index is 0.391. The number of aldehydes is 1. The molecular weight excluding hydrogens is 188 g/mol. The second kappa shape index (κ2) is 4.55. The zero-order valence-electron chi connectivity index (χ0n) is 8.34. The van der Waals surface area contributed by atoms with E-state index in [4.69, 9.17) is 0 Å². The van der Waals surface area contributed by atoms with Crippen molar-refractivity contribution in [2.45, 2.75) is 13.0 Å². The first-order valence-corrected chi connectivity index (χ1v) is 4.86. The Hall–Kier alpha value is -1.90. The fourth-order valence-electron chi connectivity index (χ4n) is 1.48. The van der Waals surface area contributed by atoms with Crippen molar-refractivity contribution in [3.8, 4) is 0 Å². The maximum atomic E-state index is 10.3. The lowest BCUT2D eigenvalue weighted by molar-refractivity contribution is -0.107. The average Bonchev–Trinajstić information content (AvgIpc) is 2.68. The topological polar surface area (TPSA) is 34.9 Å². The normalized spacial score (nSPS) is 10.1. The third-order valence-corrected chi connectivity index (χ3v) is 2.19. The molecule has 0 aliphatic carbocycles. The van der Waals surface area contributed by atoms with Crippen LogP contribution in [0.25, 0.3) is 0 Å². The molecule has 0 N–H and O–H groups in total. The molecule has 0 aliphatic heterocycles. The number of nitrogens with zero attached hydrogens (tertiary/aromatic N) is 2. The highest BCUT2D eigenvalue weighted by molar-refractivity contribution is 5.53. The Morgan fingerprint density at radius 2 is 2.07 bits per heavy atom. The summed E-state index contributed by atoms with van der Waals surface area (Å²) in [4.78, 5) is 14.4. The molecule has 0 bridgehead atoms. The van der Waals surface area contributed by atoms with Crippen molar-refractivity contribution in [2.75, 3.05) is 0 Å². The number of rotatable bonds is 4. The molecular formula is C12H12N2O. The van der Waals surface area contributed by atoms with E-state index < -0.39 is 0 Å². The van der Waals surface area contributed by atoms with Crippen molar-refractivity contribution < 1.29 is 4.79 Å². The van der Waals surface area contributed by atoms with Gasteiger partial charge in [-0.05, 0) is 5.56 Å². The van der Waals surface area contributed by atoms with Crippen molar-refractivity contribution in [3.05, 3.63) is 54.1 Å². The van der Waals surface area contributed by atoms with Crippen LogP contribution in [0.2, 0.25) is 0 Å². The molecule has 2 rings (SSSR count). The standard InChI is InChI=1S/C12H12N2O/c15-7-6-12-9-14(10-13-12)8-11-4-2-1-3-5-11/h1-5,7,9-10H,6,8H2. The van der Waals surface area contributed by atoms with Crippen LogP contribution in [0.15, 0.2) is 42.9 Å². The number of hydrogen-bond acceptors (Lipinski definition) is 2. The Morgan fingerprint density at radius 3 is 2.80 bits per heavy atom. The lowest BCUT2D eigenvalue weighted by atomic mass is 10.2. The van der Waals surface area contributed by atoms with Gasteiger partial charge < -0.3 is 9.36 Å². The quantitative estimate of drug-likeness (QED) is 0.704. The molecule has 0 amide bonds. The SMILES string of the molecule is O=CCc1cn(Cc2ccccc2)cn1. The van der Waals surface area contributed by atoms with Crippen LogP contribution in [0.4, 0.5) is 0 Å². The Labute approximate surface area is 88.4 Å². The number of aromatic nitrogens is 2. The smallest absolute Gasteiger partial charge is 0.125 e. The fraction of sp³-hybridized carbons (Fsp3) is 0.167. The van der Waals surface area contributed by atoms with Gasteiger partial charge in [-0.1, -0.05) is 30.3 Å². The van der Waals surface area contributed by atoms with Crippen LogP contribution in [0.1, 0.15) is 11.3 Å². The molecule has 2 aromatic rings. The van der Waals surface area contributed by atoms with E-state index in [1.807, 2.05) is 29.0 Å². The zero-order valence-corrected chi connectivity index (χ0v) is 8.34. The Balaban J connectivity index is 2.08. The number of hydrogen-bond donors (Lipinski definition) is 0. The number of benzene rings is 1. The summed E-state index contributed by atoms with van der Waals surface area (Å²) in [6.45, 7) is 0.798. The van der Waals surface area contributed by atoms with Crippen LogP contribution >= 0.6 is 0 Å². The van der Waals surface area contributed by atoms with Crippen LogP contribution in [-0.4, -0.2) is 15.8 Å². The predicted molar refractivity (Wildman–Crippen MR) is 57.5 cm³/mol. The van der Waals surface area contributed by atoms with E-state index in [0.717, 1.165) is 18.5 Å². The monoisotopic (exact) mass is 200 g/mol. The second-order valence-electron chi connectivity index (χ2n) is 3.39. The summed E-state index contributed by atoms with van der Waals surface area (Å²) in [5.41, 5.74) is 2.05. The first kappa shape index (κ1) is 9.65. The van der Waals surface area contributed by atoms with Crippen LogP contribution in [0.5, 0.6) is 0 Å². The molecule has 0 spiro atoms. The highest BCUT2D eigenvalue weighted by Gasteiger charge is 1.98. The van der Waals surface area contributed by atoms with Crippen LogP contribution in [0, 0.1) is 0 Å². The van der Waals surface area contributed by atoms with Crippen molar-refractivity contribution >= 4 is 6.29 Å². The number of carbonyl (C=O) groups excluding carboxylic acids is 1. The molecule has 0 aliphatic rings. The molecule has 0 saturated carbocycles. The summed E-state index contributed by atoms with van der Waals surface area (Å²) in [7, 11) is 0. The average molecular weight is 200 g/mol. The van der Waals surface area contributed by atoms with Gasteiger partial charge in [0.05, 0.1) is 12.0 Å². The van der Waals surface area contributed by atoms with E-state index in [1.54, 1.807) is 6.33 Å². The van der Waals surface area contributed by atoms with E-state index in [9.17, 15) is 4.79 Å².